The Morgan fingerprint density at radius 1 is 0.667 bits per heavy atom. The normalized spacial score (nSPS) is 9.93. The lowest BCUT2D eigenvalue weighted by atomic mass is 10.1. The van der Waals surface area contributed by atoms with Gasteiger partial charge in [0.25, 0.3) is 0 Å². The summed E-state index contributed by atoms with van der Waals surface area (Å²) in [7, 11) is -2.73. The number of benzene rings is 2. The van der Waals surface area contributed by atoms with E-state index in [-0.39, 0.29) is 21.7 Å². The molecule has 172 valence electrons. The largest absolute Gasteiger partial charge is 0.744 e. The van der Waals surface area contributed by atoms with Crippen molar-refractivity contribution in [2.75, 3.05) is 28.2 Å². The van der Waals surface area contributed by atoms with Gasteiger partial charge in [0.15, 0.2) is 0 Å². The van der Waals surface area contributed by atoms with Crippen LogP contribution in [0.1, 0.15) is 0 Å². The van der Waals surface area contributed by atoms with E-state index in [0.717, 1.165) is 25.0 Å². The van der Waals surface area contributed by atoms with Crippen molar-refractivity contribution in [2.45, 2.75) is 9.79 Å². The number of hydrogen-bond donors (Lipinski definition) is 0. The van der Waals surface area contributed by atoms with Gasteiger partial charge in [-0.3, -0.25) is 9.59 Å². The summed E-state index contributed by atoms with van der Waals surface area (Å²) in [6, 6.07) is 7.09. The van der Waals surface area contributed by atoms with Gasteiger partial charge in [0.2, 0.25) is 12.8 Å². The Labute approximate surface area is 174 Å². The van der Waals surface area contributed by atoms with Crippen LogP contribution in [0.15, 0.2) is 46.2 Å². The lowest BCUT2D eigenvalue weighted by molar-refractivity contribution is -0.116. The van der Waals surface area contributed by atoms with Crippen molar-refractivity contribution >= 4 is 43.8 Å². The molecule has 0 bridgehead atoms. The molecule has 0 aliphatic carbocycles. The zero-order valence-corrected chi connectivity index (χ0v) is 18.4. The first kappa shape index (κ1) is 32.1. The minimum Gasteiger partial charge on any atom is -0.744 e. The van der Waals surface area contributed by atoms with Gasteiger partial charge in [0.05, 0.1) is 9.79 Å². The fraction of sp³-hybridized carbons (Fsp3) is 0.250. The summed E-state index contributed by atoms with van der Waals surface area (Å²) in [4.78, 5) is 20.6. The molecule has 0 heterocycles. The van der Waals surface area contributed by atoms with Crippen LogP contribution in [0.3, 0.4) is 0 Å². The van der Waals surface area contributed by atoms with E-state index in [9.17, 15) is 35.5 Å². The minimum absolute atomic E-state index is 0. The second-order valence-corrected chi connectivity index (χ2v) is 8.35. The molecule has 0 aliphatic rings. The lowest BCUT2D eigenvalue weighted by Crippen LogP contribution is -2.06. The van der Waals surface area contributed by atoms with Crippen LogP contribution in [0, 0.1) is 0 Å². The van der Waals surface area contributed by atoms with Crippen LogP contribution in [-0.4, -0.2) is 76.8 Å². The molecular formula is C16H26N2O10S2. The first-order valence-corrected chi connectivity index (χ1v) is 10.2. The van der Waals surface area contributed by atoms with E-state index >= 15 is 0 Å². The van der Waals surface area contributed by atoms with E-state index in [1.54, 1.807) is 28.2 Å². The van der Waals surface area contributed by atoms with Gasteiger partial charge in [-0.05, 0) is 12.1 Å². The number of hydrogen-bond acceptors (Lipinski definition) is 8. The number of nitrogens with zero attached hydrogens (tertiary/aromatic N) is 2. The fourth-order valence-corrected chi connectivity index (χ4v) is 3.07. The van der Waals surface area contributed by atoms with Crippen LogP contribution in [0.2, 0.25) is 0 Å². The average Bonchev–Trinajstić information content (AvgIpc) is 2.60. The van der Waals surface area contributed by atoms with E-state index in [1.807, 2.05) is 0 Å². The van der Waals surface area contributed by atoms with E-state index < -0.39 is 30.0 Å². The summed E-state index contributed by atoms with van der Waals surface area (Å²) >= 11 is 0. The van der Waals surface area contributed by atoms with Gasteiger partial charge in [-0.1, -0.05) is 24.3 Å². The molecule has 2 aromatic rings. The first-order valence-electron chi connectivity index (χ1n) is 7.42. The van der Waals surface area contributed by atoms with Crippen molar-refractivity contribution in [3.8, 4) is 0 Å². The number of carbonyl (C=O) groups excluding carboxylic acids is 2. The smallest absolute Gasteiger partial charge is 0.209 e. The van der Waals surface area contributed by atoms with Gasteiger partial charge in [0, 0.05) is 39.0 Å². The zero-order chi connectivity index (χ0) is 22.1. The van der Waals surface area contributed by atoms with Crippen molar-refractivity contribution in [3.05, 3.63) is 36.4 Å². The molecule has 0 saturated carbocycles. The number of fused-ring (bicyclic) bond motifs is 1. The standard InChI is InChI=1S/C10H8O6S2.2C3H7NO.2H2O/c11-17(12,13)9-5-1-3-7-8(9)4-2-6-10(7)18(14,15)16;2*1-4(2)3-5;;/h1-6H,(H,11,12,13)(H,14,15,16);2*3H,1-2H3;2*1H2. The summed E-state index contributed by atoms with van der Waals surface area (Å²) in [6.07, 6.45) is 1.50. The SMILES string of the molecule is CN(C)C=O.CN(C)C=O.O=S(=O)([O-])c1cccc2c(S(=O)(=O)[O-])cccc12.[OH3+].[OH3+]. The Bertz CT molecular complexity index is 936. The van der Waals surface area contributed by atoms with Gasteiger partial charge < -0.3 is 29.9 Å². The van der Waals surface area contributed by atoms with Gasteiger partial charge >= 0.3 is 0 Å². The molecule has 0 atom stereocenters. The molecule has 0 saturated heterocycles. The second-order valence-electron chi connectivity index (χ2n) is 5.65. The minimum atomic E-state index is -4.74. The van der Waals surface area contributed by atoms with E-state index in [0.29, 0.717) is 0 Å². The van der Waals surface area contributed by atoms with Crippen LogP contribution in [0.5, 0.6) is 0 Å². The summed E-state index contributed by atoms with van der Waals surface area (Å²) in [5.74, 6) is 0. The van der Waals surface area contributed by atoms with Crippen LogP contribution in [0.4, 0.5) is 0 Å². The second kappa shape index (κ2) is 13.6. The van der Waals surface area contributed by atoms with Crippen molar-refractivity contribution in [2.24, 2.45) is 0 Å². The highest BCUT2D eigenvalue weighted by Gasteiger charge is 2.12. The highest BCUT2D eigenvalue weighted by atomic mass is 32.2. The molecule has 30 heavy (non-hydrogen) atoms. The van der Waals surface area contributed by atoms with Crippen molar-refractivity contribution in [1.29, 1.82) is 0 Å². The topological polar surface area (TPSA) is 221 Å². The predicted molar refractivity (Wildman–Crippen MR) is 109 cm³/mol. The molecule has 6 N–H and O–H groups in total. The maximum atomic E-state index is 11.0. The van der Waals surface area contributed by atoms with Crippen LogP contribution in [-0.2, 0) is 40.8 Å². The maximum absolute atomic E-state index is 11.0. The van der Waals surface area contributed by atoms with Gasteiger partial charge in [0.1, 0.15) is 20.2 Å². The van der Waals surface area contributed by atoms with Gasteiger partial charge in [-0.2, -0.15) is 0 Å². The molecule has 2 amide bonds. The molecule has 0 spiro atoms. The fourth-order valence-electron chi connectivity index (χ4n) is 1.69. The Morgan fingerprint density at radius 2 is 0.900 bits per heavy atom. The molecule has 2 rings (SSSR count). The summed E-state index contributed by atoms with van der Waals surface area (Å²) < 4.78 is 66.1. The molecule has 0 aliphatic heterocycles. The third-order valence-corrected chi connectivity index (χ3v) is 4.59. The molecule has 14 heteroatoms. The number of rotatable bonds is 4. The first-order chi connectivity index (χ1) is 12.8. The van der Waals surface area contributed by atoms with E-state index in [4.69, 9.17) is 0 Å². The van der Waals surface area contributed by atoms with Crippen molar-refractivity contribution in [3.63, 3.8) is 0 Å². The summed E-state index contributed by atoms with van der Waals surface area (Å²) in [6.45, 7) is 0. The summed E-state index contributed by atoms with van der Waals surface area (Å²) in [5.41, 5.74) is 0. The van der Waals surface area contributed by atoms with Crippen molar-refractivity contribution in [1.82, 2.24) is 9.80 Å². The third-order valence-electron chi connectivity index (χ3n) is 2.80. The Hall–Kier alpha value is -2.62. The molecule has 0 aromatic heterocycles. The predicted octanol–water partition coefficient (Wildman–Crippen LogP) is -1.79. The zero-order valence-electron chi connectivity index (χ0n) is 16.8. The maximum Gasteiger partial charge on any atom is 0.209 e. The molecular weight excluding hydrogens is 444 g/mol. The molecule has 0 fully saturated rings. The third kappa shape index (κ3) is 10.8. The van der Waals surface area contributed by atoms with Crippen LogP contribution < -0.4 is 0 Å². The Morgan fingerprint density at radius 3 is 1.07 bits per heavy atom. The van der Waals surface area contributed by atoms with Gasteiger partial charge in [-0.15, -0.1) is 0 Å². The molecule has 2 aromatic carbocycles. The number of amides is 2. The van der Waals surface area contributed by atoms with Gasteiger partial charge in [-0.25, -0.2) is 16.8 Å². The Kier molecular flexibility index (Phi) is 14.5. The molecule has 0 radical (unpaired) electrons. The van der Waals surface area contributed by atoms with E-state index in [1.165, 1.54) is 34.1 Å². The lowest BCUT2D eigenvalue weighted by Gasteiger charge is -2.14. The van der Waals surface area contributed by atoms with E-state index in [2.05, 4.69) is 0 Å². The monoisotopic (exact) mass is 470 g/mol. The molecule has 12 nitrogen and oxygen atoms in total. The quantitative estimate of drug-likeness (QED) is 0.281. The summed E-state index contributed by atoms with van der Waals surface area (Å²) in [5, 5.41) is -0.158. The van der Waals surface area contributed by atoms with Crippen LogP contribution >= 0.6 is 0 Å². The highest BCUT2D eigenvalue weighted by molar-refractivity contribution is 7.86. The highest BCUT2D eigenvalue weighted by Crippen LogP contribution is 2.27. The molecule has 0 unspecified atom stereocenters. The van der Waals surface area contributed by atoms with Crippen molar-refractivity contribution < 1.29 is 46.5 Å². The Balaban J connectivity index is -0.000000514. The number of carbonyl (C=O) groups is 2. The van der Waals surface area contributed by atoms with Crippen LogP contribution in [0.25, 0.3) is 10.8 Å². The average molecular weight is 471 g/mol.